The summed E-state index contributed by atoms with van der Waals surface area (Å²) in [6.45, 7) is 0. The number of nitrogens with two attached hydrogens (primary N) is 1. The Labute approximate surface area is 111 Å². The van der Waals surface area contributed by atoms with Gasteiger partial charge in [-0.25, -0.2) is 4.39 Å². The SMILES string of the molecule is NC(=O)c1ccc(F)cc1-c1ccc2snnc2c1. The predicted octanol–water partition coefficient (Wildman–Crippen LogP) is 2.60. The molecule has 3 aromatic rings. The van der Waals surface area contributed by atoms with Gasteiger partial charge in [0, 0.05) is 5.56 Å². The van der Waals surface area contributed by atoms with Crippen LogP contribution in [0.1, 0.15) is 10.4 Å². The summed E-state index contributed by atoms with van der Waals surface area (Å²) in [5, 5.41) is 3.96. The molecule has 4 nitrogen and oxygen atoms in total. The van der Waals surface area contributed by atoms with Crippen LogP contribution < -0.4 is 5.73 Å². The Kier molecular flexibility index (Phi) is 2.72. The van der Waals surface area contributed by atoms with E-state index in [0.29, 0.717) is 16.6 Å². The highest BCUT2D eigenvalue weighted by Gasteiger charge is 2.12. The van der Waals surface area contributed by atoms with E-state index in [1.807, 2.05) is 6.07 Å². The average molecular weight is 273 g/mol. The summed E-state index contributed by atoms with van der Waals surface area (Å²) in [7, 11) is 0. The zero-order valence-electron chi connectivity index (χ0n) is 9.63. The number of carbonyl (C=O) groups excluding carboxylic acids is 1. The molecular formula is C13H8FN3OS. The largest absolute Gasteiger partial charge is 0.366 e. The summed E-state index contributed by atoms with van der Waals surface area (Å²) in [6.07, 6.45) is 0. The monoisotopic (exact) mass is 273 g/mol. The van der Waals surface area contributed by atoms with Crippen molar-refractivity contribution in [3.05, 3.63) is 47.8 Å². The minimum atomic E-state index is -0.591. The van der Waals surface area contributed by atoms with Gasteiger partial charge in [0.2, 0.25) is 5.91 Å². The molecule has 0 saturated heterocycles. The smallest absolute Gasteiger partial charge is 0.249 e. The van der Waals surface area contributed by atoms with Gasteiger partial charge < -0.3 is 5.73 Å². The van der Waals surface area contributed by atoms with Crippen LogP contribution in [0.25, 0.3) is 21.3 Å². The van der Waals surface area contributed by atoms with Crippen LogP contribution in [0.15, 0.2) is 36.4 Å². The first-order valence-electron chi connectivity index (χ1n) is 5.47. The second-order valence-electron chi connectivity index (χ2n) is 4.01. The van der Waals surface area contributed by atoms with Gasteiger partial charge >= 0.3 is 0 Å². The minimum Gasteiger partial charge on any atom is -0.366 e. The molecule has 1 aromatic heterocycles. The molecule has 1 heterocycles. The topological polar surface area (TPSA) is 68.9 Å². The molecule has 0 radical (unpaired) electrons. The molecule has 19 heavy (non-hydrogen) atoms. The van der Waals surface area contributed by atoms with Crippen LogP contribution >= 0.6 is 11.5 Å². The van der Waals surface area contributed by atoms with E-state index < -0.39 is 11.7 Å². The van der Waals surface area contributed by atoms with Gasteiger partial charge in [-0.3, -0.25) is 4.79 Å². The molecule has 1 amide bonds. The highest BCUT2D eigenvalue weighted by Crippen LogP contribution is 2.28. The summed E-state index contributed by atoms with van der Waals surface area (Å²) in [5.41, 5.74) is 7.45. The number of rotatable bonds is 2. The van der Waals surface area contributed by atoms with Crippen LogP contribution in [0.2, 0.25) is 0 Å². The van der Waals surface area contributed by atoms with E-state index in [1.54, 1.807) is 12.1 Å². The number of nitrogens with zero attached hydrogens (tertiary/aromatic N) is 2. The van der Waals surface area contributed by atoms with E-state index in [4.69, 9.17) is 5.73 Å². The van der Waals surface area contributed by atoms with Gasteiger partial charge in [-0.1, -0.05) is 10.6 Å². The molecular weight excluding hydrogens is 265 g/mol. The molecule has 0 spiro atoms. The Balaban J connectivity index is 2.24. The van der Waals surface area contributed by atoms with Crippen molar-refractivity contribution in [1.29, 1.82) is 0 Å². The summed E-state index contributed by atoms with van der Waals surface area (Å²) < 4.78 is 18.1. The standard InChI is InChI=1S/C13H8FN3OS/c14-8-2-3-9(13(15)18)10(6-8)7-1-4-12-11(5-7)16-17-19-12/h1-6H,(H2,15,18). The van der Waals surface area contributed by atoms with E-state index in [0.717, 1.165) is 4.70 Å². The summed E-state index contributed by atoms with van der Waals surface area (Å²) >= 11 is 1.28. The molecule has 3 rings (SSSR count). The molecule has 2 N–H and O–H groups in total. The Morgan fingerprint density at radius 3 is 2.84 bits per heavy atom. The molecule has 0 bridgehead atoms. The van der Waals surface area contributed by atoms with Crippen molar-refractivity contribution in [1.82, 2.24) is 9.59 Å². The van der Waals surface area contributed by atoms with Gasteiger partial charge in [-0.05, 0) is 53.0 Å². The van der Waals surface area contributed by atoms with Crippen LogP contribution in [0.5, 0.6) is 0 Å². The Morgan fingerprint density at radius 2 is 2.05 bits per heavy atom. The number of amides is 1. The third kappa shape index (κ3) is 2.06. The minimum absolute atomic E-state index is 0.281. The van der Waals surface area contributed by atoms with Gasteiger partial charge in [0.1, 0.15) is 11.3 Å². The molecule has 0 unspecified atom stereocenters. The van der Waals surface area contributed by atoms with Crippen LogP contribution in [0, 0.1) is 5.82 Å². The lowest BCUT2D eigenvalue weighted by atomic mass is 9.99. The van der Waals surface area contributed by atoms with Crippen LogP contribution in [-0.4, -0.2) is 15.5 Å². The number of primary amides is 1. The fourth-order valence-electron chi connectivity index (χ4n) is 1.92. The first kappa shape index (κ1) is 11.7. The number of benzene rings is 2. The van der Waals surface area contributed by atoms with Gasteiger partial charge in [0.05, 0.1) is 4.70 Å². The maximum absolute atomic E-state index is 13.4. The van der Waals surface area contributed by atoms with E-state index >= 15 is 0 Å². The lowest BCUT2D eigenvalue weighted by Gasteiger charge is -2.07. The number of carbonyl (C=O) groups is 1. The second-order valence-corrected chi connectivity index (χ2v) is 4.80. The molecule has 94 valence electrons. The second kappa shape index (κ2) is 4.40. The molecule has 0 saturated carbocycles. The highest BCUT2D eigenvalue weighted by atomic mass is 32.1. The first-order valence-corrected chi connectivity index (χ1v) is 6.24. The van der Waals surface area contributed by atoms with E-state index in [1.165, 1.54) is 29.7 Å². The fourth-order valence-corrected chi connectivity index (χ4v) is 2.46. The Hall–Kier alpha value is -2.34. The maximum Gasteiger partial charge on any atom is 0.249 e. The Bertz CT molecular complexity index is 784. The zero-order chi connectivity index (χ0) is 13.4. The maximum atomic E-state index is 13.4. The van der Waals surface area contributed by atoms with Crippen molar-refractivity contribution >= 4 is 27.7 Å². The number of hydrogen-bond donors (Lipinski definition) is 1. The van der Waals surface area contributed by atoms with Crippen molar-refractivity contribution < 1.29 is 9.18 Å². The number of aromatic nitrogens is 2. The normalized spacial score (nSPS) is 10.8. The predicted molar refractivity (Wildman–Crippen MR) is 71.3 cm³/mol. The van der Waals surface area contributed by atoms with E-state index in [9.17, 15) is 9.18 Å². The average Bonchev–Trinajstić information content (AvgIpc) is 2.85. The van der Waals surface area contributed by atoms with Crippen molar-refractivity contribution in [2.24, 2.45) is 5.73 Å². The highest BCUT2D eigenvalue weighted by molar-refractivity contribution is 7.12. The molecule has 6 heteroatoms. The lowest BCUT2D eigenvalue weighted by Crippen LogP contribution is -2.12. The summed E-state index contributed by atoms with van der Waals surface area (Å²) in [5.74, 6) is -1.01. The van der Waals surface area contributed by atoms with Crippen molar-refractivity contribution in [3.63, 3.8) is 0 Å². The third-order valence-corrected chi connectivity index (χ3v) is 3.51. The third-order valence-electron chi connectivity index (χ3n) is 2.80. The van der Waals surface area contributed by atoms with E-state index in [2.05, 4.69) is 9.59 Å². The number of hydrogen-bond acceptors (Lipinski definition) is 4. The molecule has 2 aromatic carbocycles. The Morgan fingerprint density at radius 1 is 1.21 bits per heavy atom. The quantitative estimate of drug-likeness (QED) is 0.780. The summed E-state index contributed by atoms with van der Waals surface area (Å²) in [6, 6.07) is 9.29. The zero-order valence-corrected chi connectivity index (χ0v) is 10.4. The number of halogens is 1. The lowest BCUT2D eigenvalue weighted by molar-refractivity contribution is 0.100. The van der Waals surface area contributed by atoms with Crippen LogP contribution in [-0.2, 0) is 0 Å². The van der Waals surface area contributed by atoms with Crippen molar-refractivity contribution in [3.8, 4) is 11.1 Å². The molecule has 0 aliphatic rings. The van der Waals surface area contributed by atoms with Crippen LogP contribution in [0.4, 0.5) is 4.39 Å². The molecule has 0 aliphatic carbocycles. The van der Waals surface area contributed by atoms with Crippen LogP contribution in [0.3, 0.4) is 0 Å². The van der Waals surface area contributed by atoms with Crippen molar-refractivity contribution in [2.75, 3.05) is 0 Å². The van der Waals surface area contributed by atoms with Gasteiger partial charge in [-0.2, -0.15) is 0 Å². The summed E-state index contributed by atoms with van der Waals surface area (Å²) in [4.78, 5) is 11.4. The van der Waals surface area contributed by atoms with E-state index in [-0.39, 0.29) is 5.56 Å². The van der Waals surface area contributed by atoms with Gasteiger partial charge in [-0.15, -0.1) is 5.10 Å². The number of fused-ring (bicyclic) bond motifs is 1. The van der Waals surface area contributed by atoms with Gasteiger partial charge in [0.15, 0.2) is 0 Å². The first-order chi connectivity index (χ1) is 9.15. The van der Waals surface area contributed by atoms with Gasteiger partial charge in [0.25, 0.3) is 0 Å². The van der Waals surface area contributed by atoms with Crippen molar-refractivity contribution in [2.45, 2.75) is 0 Å². The fraction of sp³-hybridized carbons (Fsp3) is 0. The molecule has 0 atom stereocenters. The molecule has 0 fully saturated rings. The molecule has 0 aliphatic heterocycles.